The fourth-order valence-electron chi connectivity index (χ4n) is 4.14. The van der Waals surface area contributed by atoms with E-state index in [9.17, 15) is 13.2 Å². The number of nitrogens with zero attached hydrogens (tertiary/aromatic N) is 4. The molecule has 4 heterocycles. The van der Waals surface area contributed by atoms with Crippen molar-refractivity contribution in [2.75, 3.05) is 51.0 Å². The molecule has 0 N–H and O–H groups in total. The van der Waals surface area contributed by atoms with E-state index in [-0.39, 0.29) is 17.6 Å². The molecule has 3 aliphatic rings. The molecule has 3 aliphatic heterocycles. The predicted octanol–water partition coefficient (Wildman–Crippen LogP) is 1.56. The van der Waals surface area contributed by atoms with Gasteiger partial charge in [-0.2, -0.15) is 4.31 Å². The zero-order valence-corrected chi connectivity index (χ0v) is 17.9. The van der Waals surface area contributed by atoms with Crippen molar-refractivity contribution in [2.24, 2.45) is 0 Å². The Morgan fingerprint density at radius 2 is 1.65 bits per heavy atom. The molecule has 2 aromatic rings. The number of ether oxygens (including phenoxy) is 2. The Morgan fingerprint density at radius 3 is 2.35 bits per heavy atom. The number of carbonyl (C=O) groups is 1. The number of sulfonamides is 1. The van der Waals surface area contributed by atoms with Crippen LogP contribution in [-0.2, 0) is 10.0 Å². The summed E-state index contributed by atoms with van der Waals surface area (Å²) in [5.41, 5.74) is 0.576. The molecule has 0 radical (unpaired) electrons. The first-order valence-electron chi connectivity index (χ1n) is 10.4. The summed E-state index contributed by atoms with van der Waals surface area (Å²) in [6, 6.07) is 8.60. The number of rotatable bonds is 4. The number of anilines is 1. The first kappa shape index (κ1) is 20.1. The molecule has 2 saturated heterocycles. The van der Waals surface area contributed by atoms with E-state index in [1.807, 2.05) is 0 Å². The van der Waals surface area contributed by atoms with Gasteiger partial charge in [-0.1, -0.05) is 0 Å². The van der Waals surface area contributed by atoms with Crippen molar-refractivity contribution < 1.29 is 22.7 Å². The molecular weight excluding hydrogens is 420 g/mol. The Balaban J connectivity index is 1.22. The van der Waals surface area contributed by atoms with Crippen LogP contribution in [0.15, 0.2) is 41.4 Å². The summed E-state index contributed by atoms with van der Waals surface area (Å²) in [5, 5.41) is 0. The zero-order valence-electron chi connectivity index (χ0n) is 17.1. The number of aromatic nitrogens is 1. The van der Waals surface area contributed by atoms with E-state index in [4.69, 9.17) is 9.47 Å². The van der Waals surface area contributed by atoms with Gasteiger partial charge in [-0.3, -0.25) is 4.79 Å². The van der Waals surface area contributed by atoms with Crippen LogP contribution in [0.1, 0.15) is 23.2 Å². The summed E-state index contributed by atoms with van der Waals surface area (Å²) in [4.78, 5) is 21.3. The van der Waals surface area contributed by atoms with E-state index in [1.54, 1.807) is 35.2 Å². The van der Waals surface area contributed by atoms with Gasteiger partial charge >= 0.3 is 0 Å². The fourth-order valence-corrected chi connectivity index (χ4v) is 5.60. The summed E-state index contributed by atoms with van der Waals surface area (Å²) in [6.45, 7) is 3.69. The zero-order chi connectivity index (χ0) is 21.4. The van der Waals surface area contributed by atoms with Crippen molar-refractivity contribution in [3.05, 3.63) is 42.1 Å². The third kappa shape index (κ3) is 3.81. The summed E-state index contributed by atoms with van der Waals surface area (Å²) in [5.74, 6) is 1.92. The van der Waals surface area contributed by atoms with Gasteiger partial charge in [0, 0.05) is 51.0 Å². The highest BCUT2D eigenvalue weighted by atomic mass is 32.2. The monoisotopic (exact) mass is 444 g/mol. The van der Waals surface area contributed by atoms with Crippen molar-refractivity contribution in [3.63, 3.8) is 0 Å². The van der Waals surface area contributed by atoms with E-state index in [0.29, 0.717) is 56.3 Å². The first-order chi connectivity index (χ1) is 15.0. The van der Waals surface area contributed by atoms with Crippen LogP contribution < -0.4 is 14.4 Å². The van der Waals surface area contributed by atoms with E-state index in [2.05, 4.69) is 9.88 Å². The minimum Gasteiger partial charge on any atom is -0.454 e. The Morgan fingerprint density at radius 1 is 0.903 bits per heavy atom. The SMILES string of the molecule is O=C(c1ccc2c(c1)OCO2)N1CCN(c2ccc(S(=O)(=O)N3CCCC3)cn2)CC1. The number of piperazine rings is 1. The van der Waals surface area contributed by atoms with Crippen molar-refractivity contribution in [1.29, 1.82) is 0 Å². The summed E-state index contributed by atoms with van der Waals surface area (Å²) in [7, 11) is -3.46. The first-order valence-corrected chi connectivity index (χ1v) is 11.9. The molecule has 10 heteroatoms. The Hall–Kier alpha value is -2.85. The van der Waals surface area contributed by atoms with Gasteiger partial charge in [-0.25, -0.2) is 13.4 Å². The van der Waals surface area contributed by atoms with Gasteiger partial charge in [0.15, 0.2) is 11.5 Å². The summed E-state index contributed by atoms with van der Waals surface area (Å²) < 4.78 is 37.5. The highest BCUT2D eigenvalue weighted by molar-refractivity contribution is 7.89. The molecule has 5 rings (SSSR count). The van der Waals surface area contributed by atoms with Gasteiger partial charge < -0.3 is 19.3 Å². The molecule has 1 amide bonds. The van der Waals surface area contributed by atoms with E-state index in [1.165, 1.54) is 10.5 Å². The molecule has 1 aromatic heterocycles. The second-order valence-corrected chi connectivity index (χ2v) is 9.75. The molecule has 0 unspecified atom stereocenters. The Labute approximate surface area is 181 Å². The Kier molecular flexibility index (Phi) is 5.19. The molecule has 9 nitrogen and oxygen atoms in total. The topological polar surface area (TPSA) is 92.3 Å². The lowest BCUT2D eigenvalue weighted by Crippen LogP contribution is -2.49. The number of fused-ring (bicyclic) bond motifs is 1. The number of hydrogen-bond acceptors (Lipinski definition) is 7. The summed E-state index contributed by atoms with van der Waals surface area (Å²) >= 11 is 0. The second-order valence-electron chi connectivity index (χ2n) is 7.81. The molecule has 0 bridgehead atoms. The molecule has 0 aliphatic carbocycles. The number of carbonyl (C=O) groups excluding carboxylic acids is 1. The van der Waals surface area contributed by atoms with Crippen molar-refractivity contribution >= 4 is 21.7 Å². The third-order valence-electron chi connectivity index (χ3n) is 5.93. The lowest BCUT2D eigenvalue weighted by Gasteiger charge is -2.35. The van der Waals surface area contributed by atoms with Gasteiger partial charge in [0.05, 0.1) is 0 Å². The fraction of sp³-hybridized carbons (Fsp3) is 0.429. The highest BCUT2D eigenvalue weighted by Crippen LogP contribution is 2.33. The maximum atomic E-state index is 12.8. The van der Waals surface area contributed by atoms with Crippen molar-refractivity contribution in [3.8, 4) is 11.5 Å². The minimum atomic E-state index is -3.46. The average molecular weight is 445 g/mol. The summed E-state index contributed by atoms with van der Waals surface area (Å²) in [6.07, 6.45) is 3.24. The highest BCUT2D eigenvalue weighted by Gasteiger charge is 2.28. The van der Waals surface area contributed by atoms with Gasteiger partial charge in [0.1, 0.15) is 10.7 Å². The van der Waals surface area contributed by atoms with E-state index in [0.717, 1.165) is 18.7 Å². The van der Waals surface area contributed by atoms with Crippen LogP contribution >= 0.6 is 0 Å². The molecule has 164 valence electrons. The molecule has 2 fully saturated rings. The van der Waals surface area contributed by atoms with Crippen molar-refractivity contribution in [1.82, 2.24) is 14.2 Å². The van der Waals surface area contributed by atoms with E-state index >= 15 is 0 Å². The second kappa shape index (κ2) is 8.01. The quantitative estimate of drug-likeness (QED) is 0.707. The smallest absolute Gasteiger partial charge is 0.254 e. The molecule has 1 aromatic carbocycles. The van der Waals surface area contributed by atoms with Crippen LogP contribution in [0.4, 0.5) is 5.82 Å². The normalized spacial score (nSPS) is 19.1. The third-order valence-corrected chi connectivity index (χ3v) is 7.82. The number of amides is 1. The van der Waals surface area contributed by atoms with Crippen LogP contribution in [0, 0.1) is 0 Å². The number of pyridine rings is 1. The molecule has 0 spiro atoms. The average Bonchev–Trinajstić information content (AvgIpc) is 3.51. The minimum absolute atomic E-state index is 0.0436. The van der Waals surface area contributed by atoms with Gasteiger partial charge in [-0.05, 0) is 43.2 Å². The van der Waals surface area contributed by atoms with Crippen LogP contribution in [0.2, 0.25) is 0 Å². The molecule has 31 heavy (non-hydrogen) atoms. The lowest BCUT2D eigenvalue weighted by molar-refractivity contribution is 0.0746. The van der Waals surface area contributed by atoms with Gasteiger partial charge in [0.25, 0.3) is 5.91 Å². The largest absolute Gasteiger partial charge is 0.454 e. The standard InChI is InChI=1S/C21H24N4O5S/c26-21(16-3-5-18-19(13-16)30-15-29-18)24-11-9-23(10-12-24)20-6-4-17(14-22-20)31(27,28)25-7-1-2-8-25/h3-6,13-14H,1-2,7-12,15H2. The molecule has 0 atom stereocenters. The van der Waals surface area contributed by atoms with Crippen LogP contribution in [-0.4, -0.2) is 74.6 Å². The maximum Gasteiger partial charge on any atom is 0.254 e. The van der Waals surface area contributed by atoms with Crippen LogP contribution in [0.3, 0.4) is 0 Å². The Bertz CT molecular complexity index is 1080. The van der Waals surface area contributed by atoms with Crippen LogP contribution in [0.5, 0.6) is 11.5 Å². The maximum absolute atomic E-state index is 12.8. The van der Waals surface area contributed by atoms with Gasteiger partial charge in [-0.15, -0.1) is 0 Å². The lowest BCUT2D eigenvalue weighted by atomic mass is 10.1. The van der Waals surface area contributed by atoms with Gasteiger partial charge in [0.2, 0.25) is 16.8 Å². The van der Waals surface area contributed by atoms with Crippen molar-refractivity contribution in [2.45, 2.75) is 17.7 Å². The predicted molar refractivity (Wildman–Crippen MR) is 113 cm³/mol. The number of hydrogen-bond donors (Lipinski definition) is 0. The van der Waals surface area contributed by atoms with Crippen LogP contribution in [0.25, 0.3) is 0 Å². The number of benzene rings is 1. The van der Waals surface area contributed by atoms with E-state index < -0.39 is 10.0 Å². The molecular formula is C21H24N4O5S. The molecule has 0 saturated carbocycles.